The van der Waals surface area contributed by atoms with Crippen LogP contribution in [-0.2, 0) is 25.7 Å². The number of hydrogen-bond donors (Lipinski definition) is 0. The molecule has 376 valence electrons. The summed E-state index contributed by atoms with van der Waals surface area (Å²) >= 11 is 5.14. The first-order chi connectivity index (χ1) is 34.0. The highest BCUT2D eigenvalue weighted by molar-refractivity contribution is 7.27. The van der Waals surface area contributed by atoms with Gasteiger partial charge in [0.25, 0.3) is 11.1 Å². The Balaban J connectivity index is 1.16. The zero-order valence-corrected chi connectivity index (χ0v) is 45.9. The first-order valence-electron chi connectivity index (χ1n) is 28.8. The Bertz CT molecular complexity index is 2930. The first kappa shape index (κ1) is 52.2. The number of unbranched alkanes of at least 4 members (excludes halogenated alkanes) is 28. The van der Waals surface area contributed by atoms with E-state index >= 15 is 9.59 Å². The molecule has 0 spiro atoms. The van der Waals surface area contributed by atoms with Gasteiger partial charge in [-0.1, -0.05) is 207 Å². The summed E-state index contributed by atoms with van der Waals surface area (Å²) in [7, 11) is 0. The maximum absolute atomic E-state index is 15.5. The Morgan fingerprint density at radius 3 is 1.14 bits per heavy atom. The summed E-state index contributed by atoms with van der Waals surface area (Å²) in [6.07, 6.45) is 44.9. The molecule has 1 aromatic carbocycles. The molecule has 8 rings (SSSR count). The van der Waals surface area contributed by atoms with Gasteiger partial charge in [-0.25, -0.2) is 9.97 Å². The third-order valence-electron chi connectivity index (χ3n) is 15.5. The van der Waals surface area contributed by atoms with E-state index in [2.05, 4.69) is 39.8 Å². The molecule has 0 aliphatic carbocycles. The molecule has 0 N–H and O–H groups in total. The predicted molar refractivity (Wildman–Crippen MR) is 305 cm³/mol. The minimum atomic E-state index is 0.0118. The number of thiophene rings is 3. The third-order valence-corrected chi connectivity index (χ3v) is 18.9. The van der Waals surface area contributed by atoms with E-state index in [9.17, 15) is 0 Å². The molecule has 0 bridgehead atoms. The summed E-state index contributed by atoms with van der Waals surface area (Å²) in [5.74, 6) is 0. The van der Waals surface area contributed by atoms with Crippen LogP contribution in [0, 0.1) is 0 Å². The minimum Gasteiger partial charge on any atom is -0.268 e. The Hall–Kier alpha value is -3.14. The van der Waals surface area contributed by atoms with E-state index in [0.29, 0.717) is 0 Å². The van der Waals surface area contributed by atoms with E-state index in [1.807, 2.05) is 8.80 Å². The Kier molecular flexibility index (Phi) is 20.1. The van der Waals surface area contributed by atoms with Gasteiger partial charge in [0.1, 0.15) is 20.0 Å². The van der Waals surface area contributed by atoms with Crippen molar-refractivity contribution < 1.29 is 0 Å². The number of pyridine rings is 2. The van der Waals surface area contributed by atoms with Crippen LogP contribution in [0.15, 0.2) is 21.7 Å². The zero-order chi connectivity index (χ0) is 48.0. The molecule has 7 heterocycles. The van der Waals surface area contributed by atoms with Gasteiger partial charge in [0.05, 0.1) is 21.1 Å². The van der Waals surface area contributed by atoms with Gasteiger partial charge in [-0.05, 0) is 74.6 Å². The Morgan fingerprint density at radius 1 is 0.362 bits per heavy atom. The van der Waals surface area contributed by atoms with E-state index in [4.69, 9.17) is 9.97 Å². The Labute approximate surface area is 425 Å². The molecule has 8 aromatic rings. The van der Waals surface area contributed by atoms with Gasteiger partial charge >= 0.3 is 0 Å². The monoisotopic (exact) mass is 991 g/mol. The molecule has 9 heteroatoms. The lowest BCUT2D eigenvalue weighted by Gasteiger charge is -2.18. The number of benzene rings is 1. The van der Waals surface area contributed by atoms with Crippen LogP contribution in [0.2, 0.25) is 0 Å². The molecule has 7 aromatic heterocycles. The number of imidazole rings is 2. The van der Waals surface area contributed by atoms with E-state index in [1.54, 1.807) is 34.0 Å². The van der Waals surface area contributed by atoms with Crippen molar-refractivity contribution in [3.05, 3.63) is 53.7 Å². The minimum absolute atomic E-state index is 0.0118. The van der Waals surface area contributed by atoms with Crippen molar-refractivity contribution in [2.24, 2.45) is 0 Å². The molecule has 0 amide bonds. The van der Waals surface area contributed by atoms with Gasteiger partial charge in [0, 0.05) is 25.9 Å². The summed E-state index contributed by atoms with van der Waals surface area (Å²) in [5, 5.41) is 3.94. The van der Waals surface area contributed by atoms with Crippen molar-refractivity contribution in [2.45, 2.75) is 259 Å². The van der Waals surface area contributed by atoms with Crippen molar-refractivity contribution in [3.8, 4) is 0 Å². The van der Waals surface area contributed by atoms with Crippen LogP contribution in [0.3, 0.4) is 0 Å². The molecule has 69 heavy (non-hydrogen) atoms. The molecule has 0 aliphatic rings. The van der Waals surface area contributed by atoms with Crippen LogP contribution in [-0.4, -0.2) is 18.8 Å². The number of hydrogen-bond acceptors (Lipinski definition) is 7. The highest BCUT2D eigenvalue weighted by atomic mass is 32.1. The van der Waals surface area contributed by atoms with Gasteiger partial charge < -0.3 is 0 Å². The lowest BCUT2D eigenvalue weighted by atomic mass is 9.87. The van der Waals surface area contributed by atoms with Crippen LogP contribution < -0.4 is 11.1 Å². The highest BCUT2D eigenvalue weighted by Gasteiger charge is 2.30. The molecule has 0 aliphatic heterocycles. The van der Waals surface area contributed by atoms with Crippen molar-refractivity contribution >= 4 is 96.9 Å². The molecule has 6 nitrogen and oxygen atoms in total. The highest BCUT2D eigenvalue weighted by Crippen LogP contribution is 2.47. The van der Waals surface area contributed by atoms with E-state index in [-0.39, 0.29) is 11.1 Å². The number of rotatable bonds is 36. The van der Waals surface area contributed by atoms with E-state index < -0.39 is 0 Å². The van der Waals surface area contributed by atoms with Gasteiger partial charge in [0.15, 0.2) is 5.65 Å². The summed E-state index contributed by atoms with van der Waals surface area (Å²) in [6.45, 7) is 9.15. The number of fused-ring (bicyclic) bond motifs is 8. The van der Waals surface area contributed by atoms with E-state index in [1.165, 1.54) is 207 Å². The quantitative estimate of drug-likeness (QED) is 0.0290. The van der Waals surface area contributed by atoms with Crippen molar-refractivity contribution in [2.75, 3.05) is 0 Å². The molecule has 0 saturated carbocycles. The third kappa shape index (κ3) is 12.2. The maximum Gasteiger partial charge on any atom is 0.274 e. The summed E-state index contributed by atoms with van der Waals surface area (Å²) in [6, 6.07) is 4.56. The SMILES string of the molecule is CCCCCCCCCCCCc1cc2c(nc3c4sc5c(=O)n6c7cc(CCCCCCCCCCCC)sc7nc6c6c(CCCCCCCC)c(CCCCCCCC)c(c(=O)n23)c4c56)s1. The topological polar surface area (TPSA) is 68.7 Å². The van der Waals surface area contributed by atoms with Gasteiger partial charge in [-0.2, -0.15) is 0 Å². The van der Waals surface area contributed by atoms with Crippen molar-refractivity contribution in [3.63, 3.8) is 0 Å². The van der Waals surface area contributed by atoms with Crippen molar-refractivity contribution in [1.82, 2.24) is 18.8 Å². The largest absolute Gasteiger partial charge is 0.274 e. The molecule has 0 unspecified atom stereocenters. The summed E-state index contributed by atoms with van der Waals surface area (Å²) in [5.41, 5.74) is 6.02. The average Bonchev–Trinajstić information content (AvgIpc) is 4.18. The van der Waals surface area contributed by atoms with Crippen LogP contribution >= 0.6 is 34.0 Å². The first-order valence-corrected chi connectivity index (χ1v) is 31.2. The van der Waals surface area contributed by atoms with Crippen LogP contribution in [0.5, 0.6) is 0 Å². The number of aryl methyl sites for hydroxylation is 4. The molecular formula is C60H86N4O2S3. The van der Waals surface area contributed by atoms with Gasteiger partial charge in [0.2, 0.25) is 0 Å². The van der Waals surface area contributed by atoms with Crippen LogP contribution in [0.25, 0.3) is 62.9 Å². The van der Waals surface area contributed by atoms with Crippen LogP contribution in [0.1, 0.15) is 254 Å². The lowest BCUT2D eigenvalue weighted by Crippen LogP contribution is -2.17. The molecular weight excluding hydrogens is 905 g/mol. The molecule has 0 fully saturated rings. The Morgan fingerprint density at radius 2 is 0.710 bits per heavy atom. The fraction of sp³-hybridized carbons (Fsp3) is 0.667. The average molecular weight is 992 g/mol. The summed E-state index contributed by atoms with van der Waals surface area (Å²) < 4.78 is 5.69. The number of nitrogens with zero attached hydrogens (tertiary/aromatic N) is 4. The van der Waals surface area contributed by atoms with Crippen molar-refractivity contribution in [1.29, 1.82) is 0 Å². The second kappa shape index (κ2) is 26.5. The van der Waals surface area contributed by atoms with Crippen LogP contribution in [0.4, 0.5) is 0 Å². The fourth-order valence-electron chi connectivity index (χ4n) is 11.6. The smallest absolute Gasteiger partial charge is 0.268 e. The molecule has 0 radical (unpaired) electrons. The second-order valence-electron chi connectivity index (χ2n) is 21.1. The normalized spacial score (nSPS) is 12.5. The zero-order valence-electron chi connectivity index (χ0n) is 43.4. The standard InChI is InChI=1S/C60H86N4O2S3/c1-5-9-13-17-21-23-25-27-29-33-37-43-41-47-57(67-43)61-55-49-45(39-35-31-19-15-11-7-3)46(40-36-32-20-16-12-8-4)50-52-51(49)54(60(66)63(47)55)69-53(52)56-62-58-48(64(56)59(50)65)42-44(68-58)38-34-30-28-26-24-22-18-14-10-6-2/h41-42H,5-40H2,1-4H3. The van der Waals surface area contributed by atoms with Gasteiger partial charge in [-0.15, -0.1) is 34.0 Å². The number of aromatic nitrogens is 4. The van der Waals surface area contributed by atoms with E-state index in [0.717, 1.165) is 108 Å². The lowest BCUT2D eigenvalue weighted by molar-refractivity contribution is 0.557. The fourth-order valence-corrected chi connectivity index (χ4v) is 15.0. The molecule has 0 saturated heterocycles. The second-order valence-corrected chi connectivity index (χ2v) is 24.3. The summed E-state index contributed by atoms with van der Waals surface area (Å²) in [4.78, 5) is 46.1. The predicted octanol–water partition coefficient (Wildman–Crippen LogP) is 19.3. The van der Waals surface area contributed by atoms with Gasteiger partial charge in [-0.3, -0.25) is 18.4 Å². The molecule has 0 atom stereocenters. The maximum atomic E-state index is 15.5.